The maximum absolute atomic E-state index is 12.7. The van der Waals surface area contributed by atoms with Crippen LogP contribution in [0.25, 0.3) is 5.65 Å². The fraction of sp³-hybridized carbons (Fsp3) is 0.167. The van der Waals surface area contributed by atoms with Crippen molar-refractivity contribution in [1.82, 2.24) is 19.5 Å². The van der Waals surface area contributed by atoms with E-state index in [0.717, 1.165) is 21.4 Å². The van der Waals surface area contributed by atoms with Crippen LogP contribution in [0.5, 0.6) is 0 Å². The van der Waals surface area contributed by atoms with E-state index in [9.17, 15) is 14.4 Å². The van der Waals surface area contributed by atoms with Crippen LogP contribution in [0.4, 0.5) is 5.69 Å². The summed E-state index contributed by atoms with van der Waals surface area (Å²) in [5.41, 5.74) is 3.99. The first-order chi connectivity index (χ1) is 15.4. The largest absolute Gasteiger partial charge is 0.350 e. The van der Waals surface area contributed by atoms with Gasteiger partial charge in [0.25, 0.3) is 5.91 Å². The lowest BCUT2D eigenvalue weighted by atomic mass is 10.1. The Hall–Kier alpha value is -4.20. The molecule has 0 saturated heterocycles. The van der Waals surface area contributed by atoms with Crippen LogP contribution in [0.3, 0.4) is 0 Å². The molecule has 2 aromatic heterocycles. The summed E-state index contributed by atoms with van der Waals surface area (Å²) < 4.78 is 2.34. The lowest BCUT2D eigenvalue weighted by Crippen LogP contribution is -2.28. The van der Waals surface area contributed by atoms with Gasteiger partial charge in [0.05, 0.1) is 5.56 Å². The highest BCUT2D eigenvalue weighted by molar-refractivity contribution is 5.94. The molecule has 162 valence electrons. The van der Waals surface area contributed by atoms with E-state index < -0.39 is 5.69 Å². The minimum atomic E-state index is -0.493. The monoisotopic (exact) mass is 429 g/mol. The smallest absolute Gasteiger partial charge is 0.348 e. The van der Waals surface area contributed by atoms with Crippen molar-refractivity contribution in [2.75, 3.05) is 5.32 Å². The number of fused-ring (bicyclic) bond motifs is 1. The molecule has 0 spiro atoms. The molecule has 0 fully saturated rings. The van der Waals surface area contributed by atoms with Gasteiger partial charge in [-0.15, -0.1) is 5.10 Å². The molecule has 0 atom stereocenters. The van der Waals surface area contributed by atoms with Gasteiger partial charge in [-0.2, -0.15) is 0 Å². The Kier molecular flexibility index (Phi) is 5.85. The quantitative estimate of drug-likeness (QED) is 0.492. The summed E-state index contributed by atoms with van der Waals surface area (Å²) in [6.07, 6.45) is 1.43. The number of aryl methyl sites for hydroxylation is 2. The van der Waals surface area contributed by atoms with E-state index in [2.05, 4.69) is 15.7 Å². The second-order valence-corrected chi connectivity index (χ2v) is 7.67. The van der Waals surface area contributed by atoms with Crippen molar-refractivity contribution < 1.29 is 9.59 Å². The van der Waals surface area contributed by atoms with Crippen LogP contribution in [0.1, 0.15) is 27.0 Å². The summed E-state index contributed by atoms with van der Waals surface area (Å²) in [5.74, 6) is -0.665. The molecule has 0 radical (unpaired) electrons. The van der Waals surface area contributed by atoms with Crippen LogP contribution in [-0.2, 0) is 17.9 Å². The molecular weight excluding hydrogens is 406 g/mol. The van der Waals surface area contributed by atoms with Crippen molar-refractivity contribution in [3.8, 4) is 0 Å². The molecular formula is C24H23N5O3. The van der Waals surface area contributed by atoms with Gasteiger partial charge in [0.15, 0.2) is 5.65 Å². The molecule has 8 heteroatoms. The molecule has 8 nitrogen and oxygen atoms in total. The number of nitrogens with zero attached hydrogens (tertiary/aromatic N) is 3. The average Bonchev–Trinajstić information content (AvgIpc) is 3.07. The van der Waals surface area contributed by atoms with E-state index >= 15 is 0 Å². The zero-order chi connectivity index (χ0) is 22.7. The number of amides is 2. The highest BCUT2D eigenvalue weighted by Gasteiger charge is 2.14. The molecule has 32 heavy (non-hydrogen) atoms. The van der Waals surface area contributed by atoms with Crippen molar-refractivity contribution in [2.45, 2.75) is 26.9 Å². The van der Waals surface area contributed by atoms with Crippen LogP contribution in [0.15, 0.2) is 71.7 Å². The van der Waals surface area contributed by atoms with Crippen LogP contribution < -0.4 is 16.3 Å². The predicted molar refractivity (Wildman–Crippen MR) is 122 cm³/mol. The van der Waals surface area contributed by atoms with Gasteiger partial charge in [0.2, 0.25) is 5.91 Å². The van der Waals surface area contributed by atoms with Gasteiger partial charge in [-0.3, -0.25) is 9.59 Å². The van der Waals surface area contributed by atoms with Gasteiger partial charge >= 0.3 is 5.69 Å². The third kappa shape index (κ3) is 4.75. The summed E-state index contributed by atoms with van der Waals surface area (Å²) in [6.45, 7) is 4.08. The number of nitrogens with one attached hydrogen (secondary N) is 2. The third-order valence-corrected chi connectivity index (χ3v) is 5.01. The Morgan fingerprint density at radius 1 is 0.969 bits per heavy atom. The highest BCUT2D eigenvalue weighted by atomic mass is 16.2. The van der Waals surface area contributed by atoms with Crippen LogP contribution in [0.2, 0.25) is 0 Å². The molecule has 4 rings (SSSR count). The maximum Gasteiger partial charge on any atom is 0.350 e. The molecule has 2 aromatic carbocycles. The third-order valence-electron chi connectivity index (χ3n) is 5.01. The van der Waals surface area contributed by atoms with E-state index in [1.54, 1.807) is 18.2 Å². The van der Waals surface area contributed by atoms with Crippen molar-refractivity contribution in [1.29, 1.82) is 0 Å². The summed E-state index contributed by atoms with van der Waals surface area (Å²) >= 11 is 0. The topological polar surface area (TPSA) is 97.5 Å². The number of anilines is 1. The zero-order valence-corrected chi connectivity index (χ0v) is 17.8. The molecule has 0 aliphatic heterocycles. The molecule has 0 bridgehead atoms. The van der Waals surface area contributed by atoms with Crippen molar-refractivity contribution in [2.24, 2.45) is 0 Å². The molecule has 4 aromatic rings. The molecule has 2 heterocycles. The zero-order valence-electron chi connectivity index (χ0n) is 17.8. The molecule has 0 aliphatic carbocycles. The van der Waals surface area contributed by atoms with Gasteiger partial charge in [-0.05, 0) is 49.2 Å². The number of pyridine rings is 1. The lowest BCUT2D eigenvalue weighted by Gasteiger charge is -2.06. The summed E-state index contributed by atoms with van der Waals surface area (Å²) in [5, 5.41) is 9.79. The Labute approximate surface area is 184 Å². The number of carbonyl (C=O) groups is 2. The van der Waals surface area contributed by atoms with E-state index in [1.807, 2.05) is 56.3 Å². The minimum Gasteiger partial charge on any atom is -0.348 e. The summed E-state index contributed by atoms with van der Waals surface area (Å²) in [6, 6.07) is 18.4. The van der Waals surface area contributed by atoms with Crippen LogP contribution in [0, 0.1) is 13.8 Å². The Morgan fingerprint density at radius 3 is 2.50 bits per heavy atom. The molecule has 0 unspecified atom stereocenters. The van der Waals surface area contributed by atoms with Gasteiger partial charge < -0.3 is 10.6 Å². The molecule has 2 N–H and O–H groups in total. The van der Waals surface area contributed by atoms with Crippen molar-refractivity contribution in [3.63, 3.8) is 0 Å². The second kappa shape index (κ2) is 8.89. The number of rotatable bonds is 6. The van der Waals surface area contributed by atoms with Gasteiger partial charge in [-0.1, -0.05) is 42.0 Å². The first kappa shape index (κ1) is 21.0. The Bertz CT molecular complexity index is 1350. The standard InChI is InChI=1S/C24H23N5O3/c1-16-6-8-18(9-7-16)13-25-23(31)19-10-11-21-27-29(24(32)28(21)14-19)15-22(30)26-20-5-3-4-17(2)12-20/h3-12,14H,13,15H2,1-2H3,(H,25,31)(H,26,30). The number of aromatic nitrogens is 3. The first-order valence-corrected chi connectivity index (χ1v) is 10.2. The average molecular weight is 429 g/mol. The second-order valence-electron chi connectivity index (χ2n) is 7.67. The molecule has 0 saturated carbocycles. The Balaban J connectivity index is 1.46. The van der Waals surface area contributed by atoms with Gasteiger partial charge in [0, 0.05) is 18.4 Å². The Morgan fingerprint density at radius 2 is 1.75 bits per heavy atom. The van der Waals surface area contributed by atoms with E-state index in [1.165, 1.54) is 10.6 Å². The van der Waals surface area contributed by atoms with Crippen LogP contribution >= 0.6 is 0 Å². The normalized spacial score (nSPS) is 10.8. The fourth-order valence-electron chi connectivity index (χ4n) is 3.31. The predicted octanol–water partition coefficient (Wildman–Crippen LogP) is 2.68. The first-order valence-electron chi connectivity index (χ1n) is 10.2. The van der Waals surface area contributed by atoms with E-state index in [4.69, 9.17) is 0 Å². The van der Waals surface area contributed by atoms with Gasteiger partial charge in [-0.25, -0.2) is 13.9 Å². The molecule has 2 amide bonds. The number of carbonyl (C=O) groups excluding carboxylic acids is 2. The molecule has 0 aliphatic rings. The number of hydrogen-bond acceptors (Lipinski definition) is 4. The van der Waals surface area contributed by atoms with E-state index in [0.29, 0.717) is 23.4 Å². The summed E-state index contributed by atoms with van der Waals surface area (Å²) in [4.78, 5) is 37.6. The van der Waals surface area contributed by atoms with E-state index in [-0.39, 0.29) is 18.4 Å². The van der Waals surface area contributed by atoms with Crippen molar-refractivity contribution in [3.05, 3.63) is 99.6 Å². The SMILES string of the molecule is Cc1ccc(CNC(=O)c2ccc3nn(CC(=O)Nc4cccc(C)c4)c(=O)n3c2)cc1. The minimum absolute atomic E-state index is 0.233. The number of benzene rings is 2. The van der Waals surface area contributed by atoms with Crippen molar-refractivity contribution >= 4 is 23.1 Å². The van der Waals surface area contributed by atoms with Gasteiger partial charge in [0.1, 0.15) is 6.54 Å². The summed E-state index contributed by atoms with van der Waals surface area (Å²) in [7, 11) is 0. The number of hydrogen-bond donors (Lipinski definition) is 2. The maximum atomic E-state index is 12.7. The lowest BCUT2D eigenvalue weighted by molar-refractivity contribution is -0.117. The fourth-order valence-corrected chi connectivity index (χ4v) is 3.31. The van der Waals surface area contributed by atoms with Crippen LogP contribution in [-0.4, -0.2) is 26.0 Å². The highest BCUT2D eigenvalue weighted by Crippen LogP contribution is 2.10.